The number of benzene rings is 2. The molecule has 2 aromatic carbocycles. The first-order valence-corrected chi connectivity index (χ1v) is 6.79. The lowest BCUT2D eigenvalue weighted by Crippen LogP contribution is -2.20. The van der Waals surface area contributed by atoms with Crippen LogP contribution in [0.2, 0.25) is 0 Å². The molecule has 0 aliphatic rings. The zero-order valence-electron chi connectivity index (χ0n) is 12.6. The molecule has 0 unspecified atom stereocenters. The molecule has 0 saturated carbocycles. The van der Waals surface area contributed by atoms with Crippen LogP contribution in [0.1, 0.15) is 5.56 Å². The largest absolute Gasteiger partial charge is 0.477 e. The summed E-state index contributed by atoms with van der Waals surface area (Å²) in [5.41, 5.74) is 0.521. The molecule has 0 heterocycles. The molecular formula is C15H13N3O6. The van der Waals surface area contributed by atoms with Crippen LogP contribution in [0.5, 0.6) is 5.75 Å². The third-order valence-corrected chi connectivity index (χ3v) is 3.01. The number of nitro groups is 2. The average Bonchev–Trinajstić information content (AvgIpc) is 2.52. The van der Waals surface area contributed by atoms with Crippen molar-refractivity contribution >= 4 is 23.0 Å². The van der Waals surface area contributed by atoms with Crippen molar-refractivity contribution in [3.8, 4) is 5.75 Å². The van der Waals surface area contributed by atoms with Crippen molar-refractivity contribution in [3.63, 3.8) is 0 Å². The first-order valence-electron chi connectivity index (χ1n) is 6.79. The van der Waals surface area contributed by atoms with Gasteiger partial charge in [-0.05, 0) is 30.7 Å². The molecule has 0 aromatic heterocycles. The van der Waals surface area contributed by atoms with Crippen LogP contribution in [0, 0.1) is 27.2 Å². The fourth-order valence-electron chi connectivity index (χ4n) is 1.95. The third-order valence-electron chi connectivity index (χ3n) is 3.01. The number of nitrogens with one attached hydrogen (secondary N) is 1. The Morgan fingerprint density at radius 1 is 1.12 bits per heavy atom. The van der Waals surface area contributed by atoms with Crippen LogP contribution in [-0.2, 0) is 4.79 Å². The number of amides is 1. The van der Waals surface area contributed by atoms with Crippen molar-refractivity contribution in [2.24, 2.45) is 0 Å². The molecule has 0 aliphatic heterocycles. The molecule has 9 nitrogen and oxygen atoms in total. The summed E-state index contributed by atoms with van der Waals surface area (Å²) < 4.78 is 5.12. The highest BCUT2D eigenvalue weighted by molar-refractivity contribution is 5.92. The minimum atomic E-state index is -0.805. The second-order valence-corrected chi connectivity index (χ2v) is 4.87. The number of hydrogen-bond acceptors (Lipinski definition) is 6. The Kier molecular flexibility index (Phi) is 5.05. The number of nitro benzene ring substituents is 2. The van der Waals surface area contributed by atoms with Gasteiger partial charge in [0.1, 0.15) is 0 Å². The number of aryl methyl sites for hydroxylation is 1. The second-order valence-electron chi connectivity index (χ2n) is 4.87. The van der Waals surface area contributed by atoms with Gasteiger partial charge in [-0.2, -0.15) is 0 Å². The average molecular weight is 331 g/mol. The van der Waals surface area contributed by atoms with E-state index in [1.807, 2.05) is 13.0 Å². The standard InChI is InChI=1S/C15H13N3O6/c1-10-3-2-4-11(7-10)16-15(19)9-24-14-6-5-12(17(20)21)8-13(14)18(22)23/h2-8H,9H2,1H3,(H,16,19). The molecule has 24 heavy (non-hydrogen) atoms. The molecule has 2 aromatic rings. The molecule has 1 N–H and O–H groups in total. The quantitative estimate of drug-likeness (QED) is 0.641. The van der Waals surface area contributed by atoms with E-state index in [-0.39, 0.29) is 5.75 Å². The van der Waals surface area contributed by atoms with Gasteiger partial charge in [0.05, 0.1) is 15.9 Å². The van der Waals surface area contributed by atoms with Gasteiger partial charge >= 0.3 is 5.69 Å². The SMILES string of the molecule is Cc1cccc(NC(=O)COc2ccc([N+](=O)[O-])cc2[N+](=O)[O-])c1. The molecule has 0 bridgehead atoms. The van der Waals surface area contributed by atoms with E-state index in [0.717, 1.165) is 23.8 Å². The molecule has 0 radical (unpaired) electrons. The van der Waals surface area contributed by atoms with Crippen molar-refractivity contribution in [1.82, 2.24) is 0 Å². The molecular weight excluding hydrogens is 318 g/mol. The normalized spacial score (nSPS) is 10.0. The number of ether oxygens (including phenoxy) is 1. The lowest BCUT2D eigenvalue weighted by Gasteiger charge is -2.08. The van der Waals surface area contributed by atoms with Crippen LogP contribution in [-0.4, -0.2) is 22.4 Å². The van der Waals surface area contributed by atoms with E-state index >= 15 is 0 Å². The zero-order chi connectivity index (χ0) is 17.7. The first kappa shape index (κ1) is 16.9. The highest BCUT2D eigenvalue weighted by Gasteiger charge is 2.21. The van der Waals surface area contributed by atoms with E-state index in [1.165, 1.54) is 0 Å². The Morgan fingerprint density at radius 2 is 1.88 bits per heavy atom. The van der Waals surface area contributed by atoms with Crippen LogP contribution in [0.3, 0.4) is 0 Å². The van der Waals surface area contributed by atoms with Crippen LogP contribution >= 0.6 is 0 Å². The Morgan fingerprint density at radius 3 is 2.50 bits per heavy atom. The molecule has 0 fully saturated rings. The molecule has 124 valence electrons. The smallest absolute Gasteiger partial charge is 0.317 e. The number of carbonyl (C=O) groups excluding carboxylic acids is 1. The summed E-state index contributed by atoms with van der Waals surface area (Å²) >= 11 is 0. The minimum Gasteiger partial charge on any atom is -0.477 e. The predicted octanol–water partition coefficient (Wildman–Crippen LogP) is 2.83. The Labute approximate surface area is 136 Å². The molecule has 0 atom stereocenters. The van der Waals surface area contributed by atoms with Crippen LogP contribution < -0.4 is 10.1 Å². The van der Waals surface area contributed by atoms with Crippen LogP contribution in [0.15, 0.2) is 42.5 Å². The van der Waals surface area contributed by atoms with E-state index in [9.17, 15) is 25.0 Å². The molecule has 0 aliphatic carbocycles. The van der Waals surface area contributed by atoms with Crippen molar-refractivity contribution in [1.29, 1.82) is 0 Å². The van der Waals surface area contributed by atoms with Gasteiger partial charge in [-0.1, -0.05) is 12.1 Å². The van der Waals surface area contributed by atoms with Crippen molar-refractivity contribution in [2.75, 3.05) is 11.9 Å². The monoisotopic (exact) mass is 331 g/mol. The van der Waals surface area contributed by atoms with Gasteiger partial charge in [-0.25, -0.2) is 0 Å². The maximum absolute atomic E-state index is 11.8. The first-order chi connectivity index (χ1) is 11.4. The number of carbonyl (C=O) groups is 1. The van der Waals surface area contributed by atoms with Gasteiger partial charge in [-0.15, -0.1) is 0 Å². The lowest BCUT2D eigenvalue weighted by molar-refractivity contribution is -0.394. The van der Waals surface area contributed by atoms with E-state index in [0.29, 0.717) is 5.69 Å². The molecule has 1 amide bonds. The number of rotatable bonds is 6. The van der Waals surface area contributed by atoms with Gasteiger partial charge in [0.2, 0.25) is 0 Å². The minimum absolute atomic E-state index is 0.218. The highest BCUT2D eigenvalue weighted by Crippen LogP contribution is 2.30. The van der Waals surface area contributed by atoms with Gasteiger partial charge in [0, 0.05) is 11.8 Å². The van der Waals surface area contributed by atoms with Gasteiger partial charge in [0.15, 0.2) is 12.4 Å². The van der Waals surface area contributed by atoms with E-state index < -0.39 is 33.7 Å². The fraction of sp³-hybridized carbons (Fsp3) is 0.133. The molecule has 9 heteroatoms. The van der Waals surface area contributed by atoms with Crippen LogP contribution in [0.4, 0.5) is 17.1 Å². The summed E-state index contributed by atoms with van der Waals surface area (Å²) in [6.45, 7) is 1.40. The zero-order valence-corrected chi connectivity index (χ0v) is 12.6. The summed E-state index contributed by atoms with van der Waals surface area (Å²) in [6, 6.07) is 10.0. The van der Waals surface area contributed by atoms with Gasteiger partial charge in [-0.3, -0.25) is 25.0 Å². The maximum Gasteiger partial charge on any atom is 0.317 e. The number of hydrogen-bond donors (Lipinski definition) is 1. The number of non-ortho nitro benzene ring substituents is 1. The number of nitrogens with zero attached hydrogens (tertiary/aromatic N) is 2. The van der Waals surface area contributed by atoms with E-state index in [2.05, 4.69) is 5.32 Å². The fourth-order valence-corrected chi connectivity index (χ4v) is 1.95. The topological polar surface area (TPSA) is 125 Å². The highest BCUT2D eigenvalue weighted by atomic mass is 16.6. The summed E-state index contributed by atoms with van der Waals surface area (Å²) in [4.78, 5) is 31.9. The van der Waals surface area contributed by atoms with Crippen molar-refractivity contribution in [3.05, 3.63) is 68.3 Å². The van der Waals surface area contributed by atoms with Gasteiger partial charge < -0.3 is 10.1 Å². The maximum atomic E-state index is 11.8. The molecule has 2 rings (SSSR count). The third kappa shape index (κ3) is 4.26. The van der Waals surface area contributed by atoms with Crippen molar-refractivity contribution in [2.45, 2.75) is 6.92 Å². The Balaban J connectivity index is 2.07. The van der Waals surface area contributed by atoms with Crippen LogP contribution in [0.25, 0.3) is 0 Å². The van der Waals surface area contributed by atoms with E-state index in [4.69, 9.17) is 4.74 Å². The predicted molar refractivity (Wildman–Crippen MR) is 85.1 cm³/mol. The summed E-state index contributed by atoms with van der Waals surface area (Å²) in [7, 11) is 0. The molecule has 0 saturated heterocycles. The Hall–Kier alpha value is -3.49. The summed E-state index contributed by atoms with van der Waals surface area (Å²) in [5, 5.41) is 24.2. The Bertz CT molecular complexity index is 806. The number of anilines is 1. The van der Waals surface area contributed by atoms with Crippen molar-refractivity contribution < 1.29 is 19.4 Å². The van der Waals surface area contributed by atoms with Gasteiger partial charge in [0.25, 0.3) is 11.6 Å². The lowest BCUT2D eigenvalue weighted by atomic mass is 10.2. The second kappa shape index (κ2) is 7.18. The summed E-state index contributed by atoms with van der Waals surface area (Å²) in [6.07, 6.45) is 0. The summed E-state index contributed by atoms with van der Waals surface area (Å²) in [5.74, 6) is -0.724. The van der Waals surface area contributed by atoms with E-state index in [1.54, 1.807) is 18.2 Å². The molecule has 0 spiro atoms.